The summed E-state index contributed by atoms with van der Waals surface area (Å²) in [4.78, 5) is 4.19. The van der Waals surface area contributed by atoms with E-state index in [0.29, 0.717) is 5.75 Å². The Labute approximate surface area is 110 Å². The van der Waals surface area contributed by atoms with Crippen molar-refractivity contribution in [3.05, 3.63) is 53.9 Å². The monoisotopic (exact) mass is 264 g/mol. The summed E-state index contributed by atoms with van der Waals surface area (Å²) in [6.45, 7) is 1.97. The largest absolute Gasteiger partial charge is 0.453 e. The highest BCUT2D eigenvalue weighted by Gasteiger charge is 2.08. The number of ether oxygens (including phenoxy) is 1. The minimum atomic E-state index is -0.617. The van der Waals surface area contributed by atoms with Gasteiger partial charge in [-0.15, -0.1) is 0 Å². The fourth-order valence-corrected chi connectivity index (χ4v) is 1.54. The summed E-state index contributed by atoms with van der Waals surface area (Å²) >= 11 is 0. The van der Waals surface area contributed by atoms with Crippen molar-refractivity contribution in [2.75, 3.05) is 7.05 Å². The molecule has 2 aromatic rings. The van der Waals surface area contributed by atoms with Crippen LogP contribution >= 0.6 is 0 Å². The van der Waals surface area contributed by atoms with Crippen molar-refractivity contribution in [1.29, 1.82) is 0 Å². The second kappa shape index (κ2) is 5.75. The predicted octanol–water partition coefficient (Wildman–Crippen LogP) is 3.43. The van der Waals surface area contributed by atoms with Gasteiger partial charge in [0.1, 0.15) is 11.6 Å². The molecule has 0 bridgehead atoms. The number of hydrogen-bond acceptors (Lipinski definition) is 3. The van der Waals surface area contributed by atoms with E-state index in [9.17, 15) is 8.78 Å². The molecule has 0 spiro atoms. The van der Waals surface area contributed by atoms with Crippen LogP contribution in [0.15, 0.2) is 36.5 Å². The number of nitrogens with one attached hydrogen (secondary N) is 1. The third-order valence-electron chi connectivity index (χ3n) is 2.76. The van der Waals surface area contributed by atoms with Gasteiger partial charge >= 0.3 is 0 Å². The smallest absolute Gasteiger partial charge is 0.166 e. The maximum atomic E-state index is 13.4. The SMILES string of the molecule is CNC(C)c1ccc(Oc2cc(F)ccc2F)cn1. The molecule has 0 saturated heterocycles. The fraction of sp³-hybridized carbons (Fsp3) is 0.214. The number of hydrogen-bond donors (Lipinski definition) is 1. The van der Waals surface area contributed by atoms with Crippen molar-refractivity contribution in [3.8, 4) is 11.5 Å². The van der Waals surface area contributed by atoms with Crippen molar-refractivity contribution in [2.24, 2.45) is 0 Å². The van der Waals surface area contributed by atoms with E-state index in [4.69, 9.17) is 4.74 Å². The lowest BCUT2D eigenvalue weighted by Crippen LogP contribution is -2.13. The van der Waals surface area contributed by atoms with Crippen LogP contribution in [0.1, 0.15) is 18.7 Å². The molecule has 0 aliphatic carbocycles. The van der Waals surface area contributed by atoms with Gasteiger partial charge in [-0.2, -0.15) is 0 Å². The second-order valence-electron chi connectivity index (χ2n) is 4.11. The van der Waals surface area contributed by atoms with Crippen LogP contribution in [0.3, 0.4) is 0 Å². The van der Waals surface area contributed by atoms with Gasteiger partial charge in [0, 0.05) is 12.1 Å². The minimum absolute atomic E-state index is 0.111. The third kappa shape index (κ3) is 3.26. The number of halogens is 2. The van der Waals surface area contributed by atoms with Gasteiger partial charge in [0.2, 0.25) is 0 Å². The molecule has 2 rings (SSSR count). The molecule has 0 fully saturated rings. The Morgan fingerprint density at radius 1 is 1.21 bits per heavy atom. The van der Waals surface area contributed by atoms with Gasteiger partial charge in [0.25, 0.3) is 0 Å². The number of nitrogens with zero attached hydrogens (tertiary/aromatic N) is 1. The maximum Gasteiger partial charge on any atom is 0.166 e. The molecule has 5 heteroatoms. The van der Waals surface area contributed by atoms with Crippen molar-refractivity contribution >= 4 is 0 Å². The lowest BCUT2D eigenvalue weighted by atomic mass is 10.2. The third-order valence-corrected chi connectivity index (χ3v) is 2.76. The molecule has 0 radical (unpaired) electrons. The summed E-state index contributed by atoms with van der Waals surface area (Å²) in [5, 5.41) is 3.05. The molecule has 0 saturated carbocycles. The average Bonchev–Trinajstić information content (AvgIpc) is 2.43. The van der Waals surface area contributed by atoms with E-state index in [0.717, 1.165) is 23.9 Å². The topological polar surface area (TPSA) is 34.1 Å². The highest BCUT2D eigenvalue weighted by Crippen LogP contribution is 2.25. The van der Waals surface area contributed by atoms with Crippen molar-refractivity contribution in [3.63, 3.8) is 0 Å². The van der Waals surface area contributed by atoms with E-state index in [2.05, 4.69) is 10.3 Å². The average molecular weight is 264 g/mol. The highest BCUT2D eigenvalue weighted by atomic mass is 19.1. The molecule has 0 aliphatic heterocycles. The second-order valence-corrected chi connectivity index (χ2v) is 4.11. The first-order chi connectivity index (χ1) is 9.10. The first-order valence-corrected chi connectivity index (χ1v) is 5.86. The normalized spacial score (nSPS) is 12.2. The van der Waals surface area contributed by atoms with E-state index in [1.165, 1.54) is 6.20 Å². The molecular weight excluding hydrogens is 250 g/mol. The van der Waals surface area contributed by atoms with E-state index < -0.39 is 11.6 Å². The van der Waals surface area contributed by atoms with E-state index in [-0.39, 0.29) is 11.8 Å². The molecule has 1 unspecified atom stereocenters. The molecule has 1 atom stereocenters. The number of rotatable bonds is 4. The molecule has 3 nitrogen and oxygen atoms in total. The van der Waals surface area contributed by atoms with Crippen LogP contribution in [0, 0.1) is 11.6 Å². The maximum absolute atomic E-state index is 13.4. The highest BCUT2D eigenvalue weighted by molar-refractivity contribution is 5.31. The van der Waals surface area contributed by atoms with Crippen molar-refractivity contribution < 1.29 is 13.5 Å². The van der Waals surface area contributed by atoms with Crippen molar-refractivity contribution in [2.45, 2.75) is 13.0 Å². The van der Waals surface area contributed by atoms with Crippen molar-refractivity contribution in [1.82, 2.24) is 10.3 Å². The first kappa shape index (κ1) is 13.4. The van der Waals surface area contributed by atoms with Gasteiger partial charge in [0.05, 0.1) is 11.9 Å². The molecule has 0 amide bonds. The molecule has 1 aromatic heterocycles. The molecule has 1 heterocycles. The van der Waals surface area contributed by atoms with Crippen LogP contribution < -0.4 is 10.1 Å². The van der Waals surface area contributed by atoms with Crippen LogP contribution in [0.5, 0.6) is 11.5 Å². The van der Waals surface area contributed by atoms with Crippen LogP contribution in [0.25, 0.3) is 0 Å². The summed E-state index contributed by atoms with van der Waals surface area (Å²) in [5.41, 5.74) is 0.842. The van der Waals surface area contributed by atoms with Crippen LogP contribution in [0.2, 0.25) is 0 Å². The van der Waals surface area contributed by atoms with E-state index >= 15 is 0 Å². The van der Waals surface area contributed by atoms with E-state index in [1.54, 1.807) is 12.1 Å². The lowest BCUT2D eigenvalue weighted by Gasteiger charge is -2.11. The zero-order valence-electron chi connectivity index (χ0n) is 10.7. The zero-order chi connectivity index (χ0) is 13.8. The predicted molar refractivity (Wildman–Crippen MR) is 68.1 cm³/mol. The summed E-state index contributed by atoms with van der Waals surface area (Å²) < 4.78 is 31.7. The quantitative estimate of drug-likeness (QED) is 0.918. The lowest BCUT2D eigenvalue weighted by molar-refractivity contribution is 0.434. The van der Waals surface area contributed by atoms with Gasteiger partial charge in [-0.05, 0) is 38.2 Å². The van der Waals surface area contributed by atoms with Crippen LogP contribution in [0.4, 0.5) is 8.78 Å². The Balaban J connectivity index is 2.17. The van der Waals surface area contributed by atoms with Gasteiger partial charge in [-0.25, -0.2) is 8.78 Å². The Hall–Kier alpha value is -2.01. The van der Waals surface area contributed by atoms with Gasteiger partial charge < -0.3 is 10.1 Å². The molecule has 1 N–H and O–H groups in total. The summed E-state index contributed by atoms with van der Waals surface area (Å²) in [6.07, 6.45) is 1.48. The Bertz CT molecular complexity index is 558. The first-order valence-electron chi connectivity index (χ1n) is 5.86. The Kier molecular flexibility index (Phi) is 4.06. The zero-order valence-corrected chi connectivity index (χ0v) is 10.7. The van der Waals surface area contributed by atoms with E-state index in [1.807, 2.05) is 14.0 Å². The van der Waals surface area contributed by atoms with Gasteiger partial charge in [-0.3, -0.25) is 4.98 Å². The molecular formula is C14H14F2N2O. The summed E-state index contributed by atoms with van der Waals surface area (Å²) in [7, 11) is 1.83. The Morgan fingerprint density at radius 2 is 2.00 bits per heavy atom. The fourth-order valence-electron chi connectivity index (χ4n) is 1.54. The standard InChI is InChI=1S/C14H14F2N2O/c1-9(17-2)13-6-4-11(8-18-13)19-14-7-10(15)3-5-12(14)16/h3-9,17H,1-2H3. The van der Waals surface area contributed by atoms with Gasteiger partial charge in [0.15, 0.2) is 11.6 Å². The van der Waals surface area contributed by atoms with Gasteiger partial charge in [-0.1, -0.05) is 0 Å². The van der Waals surface area contributed by atoms with Crippen LogP contribution in [-0.4, -0.2) is 12.0 Å². The summed E-state index contributed by atoms with van der Waals surface area (Å²) in [5.74, 6) is -0.966. The molecule has 19 heavy (non-hydrogen) atoms. The molecule has 1 aromatic carbocycles. The number of benzene rings is 1. The summed E-state index contributed by atoms with van der Waals surface area (Å²) in [6, 6.07) is 6.61. The number of pyridine rings is 1. The Morgan fingerprint density at radius 3 is 2.63 bits per heavy atom. The number of aromatic nitrogens is 1. The minimum Gasteiger partial charge on any atom is -0.453 e. The van der Waals surface area contributed by atoms with Crippen LogP contribution in [-0.2, 0) is 0 Å². The molecule has 0 aliphatic rings. The molecule has 100 valence electrons.